The molecule has 3 N–H and O–H groups in total. The van der Waals surface area contributed by atoms with E-state index in [9.17, 15) is 19.2 Å². The van der Waals surface area contributed by atoms with E-state index >= 15 is 0 Å². The zero-order valence-electron chi connectivity index (χ0n) is 18.6. The van der Waals surface area contributed by atoms with Crippen molar-refractivity contribution in [3.05, 3.63) is 54.1 Å². The van der Waals surface area contributed by atoms with Crippen LogP contribution in [0.25, 0.3) is 11.1 Å². The minimum atomic E-state index is -0.760. The number of hydrogen-bond acceptors (Lipinski definition) is 6. The van der Waals surface area contributed by atoms with Crippen molar-refractivity contribution in [2.45, 2.75) is 31.3 Å². The van der Waals surface area contributed by atoms with Gasteiger partial charge in [0.1, 0.15) is 12.1 Å². The van der Waals surface area contributed by atoms with E-state index < -0.39 is 24.0 Å². The second-order valence-corrected chi connectivity index (χ2v) is 8.59. The molecule has 1 fully saturated rings. The first-order valence-corrected chi connectivity index (χ1v) is 12.0. The minimum Gasteiger partial charge on any atom is -0.467 e. The van der Waals surface area contributed by atoms with Crippen LogP contribution >= 0.6 is 11.8 Å². The summed E-state index contributed by atoms with van der Waals surface area (Å²) in [5, 5.41) is 8.24. The van der Waals surface area contributed by atoms with E-state index in [2.05, 4.69) is 16.0 Å². The van der Waals surface area contributed by atoms with E-state index in [4.69, 9.17) is 4.74 Å². The van der Waals surface area contributed by atoms with Crippen molar-refractivity contribution < 1.29 is 23.9 Å². The molecule has 2 aromatic carbocycles. The zero-order chi connectivity index (χ0) is 23.8. The van der Waals surface area contributed by atoms with Gasteiger partial charge in [-0.25, -0.2) is 4.79 Å². The number of methoxy groups -OCH3 is 1. The lowest BCUT2D eigenvalue weighted by atomic mass is 9.98. The third kappa shape index (κ3) is 6.35. The topological polar surface area (TPSA) is 114 Å². The number of carbonyl (C=O) groups excluding carboxylic acids is 4. The molecule has 1 aliphatic heterocycles. The Bertz CT molecular complexity index is 1030. The van der Waals surface area contributed by atoms with Crippen LogP contribution in [-0.2, 0) is 19.1 Å². The minimum absolute atomic E-state index is 0.145. The van der Waals surface area contributed by atoms with E-state index in [0.717, 1.165) is 5.56 Å². The summed E-state index contributed by atoms with van der Waals surface area (Å²) in [6.07, 6.45) is 3.14. The average molecular weight is 470 g/mol. The molecule has 0 radical (unpaired) electrons. The van der Waals surface area contributed by atoms with Crippen molar-refractivity contribution in [1.29, 1.82) is 0 Å². The van der Waals surface area contributed by atoms with E-state index in [-0.39, 0.29) is 11.8 Å². The number of nitrogens with one attached hydrogen (secondary N) is 3. The highest BCUT2D eigenvalue weighted by Crippen LogP contribution is 2.28. The first-order valence-electron chi connectivity index (χ1n) is 10.6. The fourth-order valence-corrected chi connectivity index (χ4v) is 4.05. The lowest BCUT2D eigenvalue weighted by Gasteiger charge is -2.18. The normalized spacial score (nSPS) is 15.9. The Kier molecular flexibility index (Phi) is 8.48. The predicted octanol–water partition coefficient (Wildman–Crippen LogP) is 2.60. The Labute approximate surface area is 196 Å². The first-order chi connectivity index (χ1) is 15.9. The number of thioether (sulfide) groups is 1. The fraction of sp³-hybridized carbons (Fsp3) is 0.333. The Balaban J connectivity index is 1.87. The molecule has 1 aliphatic rings. The second kappa shape index (κ2) is 11.5. The van der Waals surface area contributed by atoms with E-state index in [1.165, 1.54) is 7.11 Å². The molecular weight excluding hydrogens is 442 g/mol. The van der Waals surface area contributed by atoms with Crippen LogP contribution in [0.5, 0.6) is 0 Å². The quantitative estimate of drug-likeness (QED) is 0.487. The molecule has 1 saturated heterocycles. The smallest absolute Gasteiger partial charge is 0.328 e. The highest BCUT2D eigenvalue weighted by Gasteiger charge is 2.28. The monoisotopic (exact) mass is 469 g/mol. The highest BCUT2D eigenvalue weighted by atomic mass is 32.2. The van der Waals surface area contributed by atoms with Crippen LogP contribution in [-0.4, -0.2) is 54.9 Å². The third-order valence-electron chi connectivity index (χ3n) is 5.33. The maximum atomic E-state index is 13.2. The van der Waals surface area contributed by atoms with Crippen molar-refractivity contribution >= 4 is 41.1 Å². The number of esters is 1. The predicted molar refractivity (Wildman–Crippen MR) is 128 cm³/mol. The number of anilines is 1. The van der Waals surface area contributed by atoms with Gasteiger partial charge in [-0.15, -0.1) is 0 Å². The van der Waals surface area contributed by atoms with Crippen molar-refractivity contribution in [2.75, 3.05) is 24.4 Å². The molecule has 174 valence electrons. The fourth-order valence-electron chi connectivity index (χ4n) is 3.58. The van der Waals surface area contributed by atoms with Crippen LogP contribution in [0, 0.1) is 0 Å². The van der Waals surface area contributed by atoms with Crippen LogP contribution in [0.3, 0.4) is 0 Å². The van der Waals surface area contributed by atoms with Crippen molar-refractivity contribution in [2.24, 2.45) is 0 Å². The largest absolute Gasteiger partial charge is 0.467 e. The second-order valence-electron chi connectivity index (χ2n) is 7.61. The highest BCUT2D eigenvalue weighted by molar-refractivity contribution is 7.98. The number of benzene rings is 2. The molecular formula is C24H27N3O5S. The van der Waals surface area contributed by atoms with Gasteiger partial charge in [0.25, 0.3) is 5.91 Å². The molecule has 1 unspecified atom stereocenters. The third-order valence-corrected chi connectivity index (χ3v) is 5.97. The zero-order valence-corrected chi connectivity index (χ0v) is 19.4. The summed E-state index contributed by atoms with van der Waals surface area (Å²) >= 11 is 1.57. The van der Waals surface area contributed by atoms with Gasteiger partial charge in [-0.2, -0.15) is 11.8 Å². The lowest BCUT2D eigenvalue weighted by molar-refractivity contribution is -0.142. The summed E-state index contributed by atoms with van der Waals surface area (Å²) in [4.78, 5) is 49.2. The number of amides is 3. The van der Waals surface area contributed by atoms with Gasteiger partial charge in [-0.1, -0.05) is 30.3 Å². The summed E-state index contributed by atoms with van der Waals surface area (Å²) in [5.41, 5.74) is 2.26. The van der Waals surface area contributed by atoms with Crippen molar-refractivity contribution in [3.8, 4) is 11.1 Å². The van der Waals surface area contributed by atoms with Gasteiger partial charge in [-0.05, 0) is 54.2 Å². The summed E-state index contributed by atoms with van der Waals surface area (Å²) in [7, 11) is 1.29. The van der Waals surface area contributed by atoms with Gasteiger partial charge in [0.2, 0.25) is 11.8 Å². The first kappa shape index (κ1) is 24.3. The van der Waals surface area contributed by atoms with Gasteiger partial charge in [0.15, 0.2) is 0 Å². The standard InChI is InChI=1S/C24H27N3O5S/c1-32-24(31)20(12-13-33-2)27-22(29)17-9-8-16(14-18(17)15-6-4-3-5-7-15)25-23(30)19-10-11-21(28)26-19/h3-9,14,19-20H,10-13H2,1-2H3,(H,25,30)(H,26,28)(H,27,29)/t19-,20?/m0/s1. The Morgan fingerprint density at radius 1 is 1.18 bits per heavy atom. The van der Waals surface area contributed by atoms with Crippen LogP contribution < -0.4 is 16.0 Å². The molecule has 33 heavy (non-hydrogen) atoms. The van der Waals surface area contributed by atoms with Crippen molar-refractivity contribution in [3.63, 3.8) is 0 Å². The molecule has 2 atom stereocenters. The van der Waals surface area contributed by atoms with E-state index in [0.29, 0.717) is 41.8 Å². The molecule has 2 aromatic rings. The SMILES string of the molecule is COC(=O)C(CCSC)NC(=O)c1ccc(NC(=O)[C@@H]2CCC(=O)N2)cc1-c1ccccc1. The Morgan fingerprint density at radius 2 is 1.94 bits per heavy atom. The summed E-state index contributed by atoms with van der Waals surface area (Å²) in [5.74, 6) is -0.671. The molecule has 0 spiro atoms. The molecule has 0 aromatic heterocycles. The Morgan fingerprint density at radius 3 is 2.58 bits per heavy atom. The molecule has 3 amide bonds. The van der Waals surface area contributed by atoms with Crippen molar-refractivity contribution in [1.82, 2.24) is 10.6 Å². The number of hydrogen-bond donors (Lipinski definition) is 3. The van der Waals surface area contributed by atoms with Crippen LogP contribution in [0.1, 0.15) is 29.6 Å². The number of rotatable bonds is 9. The van der Waals surface area contributed by atoms with Gasteiger partial charge in [0.05, 0.1) is 7.11 Å². The van der Waals surface area contributed by atoms with Crippen LogP contribution in [0.4, 0.5) is 5.69 Å². The summed E-state index contributed by atoms with van der Waals surface area (Å²) < 4.78 is 4.84. The Hall–Kier alpha value is -3.33. The lowest BCUT2D eigenvalue weighted by Crippen LogP contribution is -2.42. The maximum Gasteiger partial charge on any atom is 0.328 e. The van der Waals surface area contributed by atoms with Gasteiger partial charge in [-0.3, -0.25) is 14.4 Å². The van der Waals surface area contributed by atoms with E-state index in [1.807, 2.05) is 36.6 Å². The summed E-state index contributed by atoms with van der Waals surface area (Å²) in [6.45, 7) is 0. The molecule has 0 saturated carbocycles. The molecule has 0 bridgehead atoms. The van der Waals surface area contributed by atoms with Gasteiger partial charge >= 0.3 is 5.97 Å². The molecule has 1 heterocycles. The number of carbonyl (C=O) groups is 4. The molecule has 0 aliphatic carbocycles. The van der Waals surface area contributed by atoms with Gasteiger partial charge < -0.3 is 20.7 Å². The van der Waals surface area contributed by atoms with E-state index in [1.54, 1.807) is 30.0 Å². The maximum absolute atomic E-state index is 13.2. The average Bonchev–Trinajstić information content (AvgIpc) is 3.28. The van der Waals surface area contributed by atoms with Crippen LogP contribution in [0.15, 0.2) is 48.5 Å². The van der Waals surface area contributed by atoms with Crippen LogP contribution in [0.2, 0.25) is 0 Å². The summed E-state index contributed by atoms with van der Waals surface area (Å²) in [6, 6.07) is 12.9. The molecule has 8 nitrogen and oxygen atoms in total. The molecule has 3 rings (SSSR count). The number of ether oxygens (including phenoxy) is 1. The molecule has 9 heteroatoms. The van der Waals surface area contributed by atoms with Gasteiger partial charge in [0, 0.05) is 17.7 Å².